The van der Waals surface area contributed by atoms with E-state index in [0.717, 1.165) is 30.6 Å². The summed E-state index contributed by atoms with van der Waals surface area (Å²) in [6.07, 6.45) is 2.97. The summed E-state index contributed by atoms with van der Waals surface area (Å²) in [7, 11) is 0. The number of para-hydroxylation sites is 1. The van der Waals surface area contributed by atoms with E-state index >= 15 is 0 Å². The molecule has 0 radical (unpaired) electrons. The van der Waals surface area contributed by atoms with Gasteiger partial charge in [-0.25, -0.2) is 0 Å². The first-order valence-corrected chi connectivity index (χ1v) is 6.17. The van der Waals surface area contributed by atoms with Gasteiger partial charge in [-0.2, -0.15) is 0 Å². The van der Waals surface area contributed by atoms with E-state index in [1.165, 1.54) is 0 Å². The fraction of sp³-hybridized carbons (Fsp3) is 0.500. The van der Waals surface area contributed by atoms with Crippen LogP contribution in [0, 0.1) is 6.92 Å². The summed E-state index contributed by atoms with van der Waals surface area (Å²) in [5.74, 6) is 0.698. The first kappa shape index (κ1) is 12.0. The quantitative estimate of drug-likeness (QED) is 0.871. The van der Waals surface area contributed by atoms with Crippen molar-refractivity contribution >= 4 is 5.91 Å². The van der Waals surface area contributed by atoms with Crippen LogP contribution in [0.4, 0.5) is 0 Å². The second-order valence-corrected chi connectivity index (χ2v) is 4.84. The smallest absolute Gasteiger partial charge is 0.258 e. The summed E-state index contributed by atoms with van der Waals surface area (Å²) in [6, 6.07) is 5.65. The van der Waals surface area contributed by atoms with Gasteiger partial charge in [-0.3, -0.25) is 4.79 Å². The first-order valence-electron chi connectivity index (χ1n) is 6.17. The zero-order chi connectivity index (χ0) is 12.5. The van der Waals surface area contributed by atoms with Crippen molar-refractivity contribution < 1.29 is 9.53 Å². The molecule has 92 valence electrons. The van der Waals surface area contributed by atoms with Crippen LogP contribution in [-0.4, -0.2) is 11.6 Å². The maximum Gasteiger partial charge on any atom is 0.258 e. The van der Waals surface area contributed by atoms with Crippen molar-refractivity contribution in [2.24, 2.45) is 0 Å². The van der Waals surface area contributed by atoms with Crippen LogP contribution >= 0.6 is 0 Å². The first-order chi connectivity index (χ1) is 8.06. The summed E-state index contributed by atoms with van der Waals surface area (Å²) < 4.78 is 5.99. The zero-order valence-corrected chi connectivity index (χ0v) is 10.7. The number of rotatable bonds is 3. The second-order valence-electron chi connectivity index (χ2n) is 4.84. The molecule has 3 nitrogen and oxygen atoms in total. The minimum Gasteiger partial charge on any atom is -0.467 e. The van der Waals surface area contributed by atoms with Crippen molar-refractivity contribution in [2.75, 3.05) is 0 Å². The zero-order valence-electron chi connectivity index (χ0n) is 10.7. The van der Waals surface area contributed by atoms with E-state index in [9.17, 15) is 4.79 Å². The number of unbranched alkanes of at least 4 members (excludes halogenated alkanes) is 1. The van der Waals surface area contributed by atoms with Crippen LogP contribution in [0.2, 0.25) is 0 Å². The molecule has 0 saturated carbocycles. The van der Waals surface area contributed by atoms with Crippen molar-refractivity contribution in [3.05, 3.63) is 29.3 Å². The van der Waals surface area contributed by atoms with Gasteiger partial charge in [0.25, 0.3) is 5.91 Å². The Kier molecular flexibility index (Phi) is 3.09. The van der Waals surface area contributed by atoms with Crippen molar-refractivity contribution in [3.8, 4) is 5.75 Å². The van der Waals surface area contributed by atoms with Gasteiger partial charge in [-0.15, -0.1) is 0 Å². The van der Waals surface area contributed by atoms with Crippen LogP contribution in [-0.2, 0) is 0 Å². The summed E-state index contributed by atoms with van der Waals surface area (Å²) in [4.78, 5) is 12.0. The Morgan fingerprint density at radius 1 is 1.41 bits per heavy atom. The number of benzene rings is 1. The molecule has 17 heavy (non-hydrogen) atoms. The van der Waals surface area contributed by atoms with Gasteiger partial charge in [-0.1, -0.05) is 25.5 Å². The van der Waals surface area contributed by atoms with Crippen LogP contribution in [0.1, 0.15) is 49.0 Å². The van der Waals surface area contributed by atoms with Crippen LogP contribution < -0.4 is 10.1 Å². The van der Waals surface area contributed by atoms with Crippen LogP contribution in [0.15, 0.2) is 18.2 Å². The van der Waals surface area contributed by atoms with Gasteiger partial charge >= 0.3 is 0 Å². The number of carbonyl (C=O) groups is 1. The molecule has 1 atom stereocenters. The lowest BCUT2D eigenvalue weighted by Gasteiger charge is -2.37. The molecule has 0 saturated heterocycles. The topological polar surface area (TPSA) is 38.3 Å². The van der Waals surface area contributed by atoms with Crippen molar-refractivity contribution in [2.45, 2.75) is 45.8 Å². The highest BCUT2D eigenvalue weighted by molar-refractivity contribution is 5.98. The number of hydrogen-bond acceptors (Lipinski definition) is 2. The Morgan fingerprint density at radius 2 is 2.18 bits per heavy atom. The average Bonchev–Trinajstić information content (AvgIpc) is 2.28. The largest absolute Gasteiger partial charge is 0.467 e. The molecule has 0 bridgehead atoms. The van der Waals surface area contributed by atoms with E-state index < -0.39 is 5.72 Å². The molecule has 0 spiro atoms. The van der Waals surface area contributed by atoms with Crippen molar-refractivity contribution in [1.29, 1.82) is 0 Å². The highest BCUT2D eigenvalue weighted by Crippen LogP contribution is 2.32. The van der Waals surface area contributed by atoms with Crippen LogP contribution in [0.25, 0.3) is 0 Å². The van der Waals surface area contributed by atoms with E-state index in [2.05, 4.69) is 12.2 Å². The van der Waals surface area contributed by atoms with Gasteiger partial charge in [0.05, 0.1) is 5.56 Å². The third-order valence-electron chi connectivity index (χ3n) is 3.17. The summed E-state index contributed by atoms with van der Waals surface area (Å²) in [6.45, 7) is 6.04. The molecule has 1 amide bonds. The molecule has 1 aliphatic heterocycles. The second kappa shape index (κ2) is 4.40. The predicted octanol–water partition coefficient (Wildman–Crippen LogP) is 3.02. The van der Waals surface area contributed by atoms with E-state index in [1.807, 2.05) is 26.0 Å². The highest BCUT2D eigenvalue weighted by atomic mass is 16.5. The molecule has 1 aliphatic rings. The standard InChI is InChI=1S/C14H19NO2/c1-4-5-9-14(3)15-13(16)11-8-6-7-10(2)12(11)17-14/h6-8H,4-5,9H2,1-3H3,(H,15,16). The third kappa shape index (κ3) is 2.28. The molecule has 0 fully saturated rings. The Balaban J connectivity index is 2.31. The van der Waals surface area contributed by atoms with Gasteiger partial charge < -0.3 is 10.1 Å². The third-order valence-corrected chi connectivity index (χ3v) is 3.17. The molecule has 3 heteroatoms. The fourth-order valence-electron chi connectivity index (χ4n) is 2.15. The summed E-state index contributed by atoms with van der Waals surface area (Å²) >= 11 is 0. The van der Waals surface area contributed by atoms with E-state index in [1.54, 1.807) is 6.07 Å². The Morgan fingerprint density at radius 3 is 2.88 bits per heavy atom. The van der Waals surface area contributed by atoms with E-state index in [4.69, 9.17) is 4.74 Å². The number of carbonyl (C=O) groups excluding carboxylic acids is 1. The van der Waals surface area contributed by atoms with Gasteiger partial charge in [0, 0.05) is 6.42 Å². The van der Waals surface area contributed by atoms with Crippen LogP contribution in [0.5, 0.6) is 5.75 Å². The van der Waals surface area contributed by atoms with Gasteiger partial charge in [0.2, 0.25) is 0 Å². The molecule has 1 unspecified atom stereocenters. The molecule has 0 aliphatic carbocycles. The van der Waals surface area contributed by atoms with Gasteiger partial charge in [-0.05, 0) is 31.9 Å². The number of aryl methyl sites for hydroxylation is 1. The van der Waals surface area contributed by atoms with E-state index in [-0.39, 0.29) is 5.91 Å². The number of fused-ring (bicyclic) bond motifs is 1. The fourth-order valence-corrected chi connectivity index (χ4v) is 2.15. The summed E-state index contributed by atoms with van der Waals surface area (Å²) in [5, 5.41) is 2.95. The highest BCUT2D eigenvalue weighted by Gasteiger charge is 2.35. The lowest BCUT2D eigenvalue weighted by Crippen LogP contribution is -2.53. The van der Waals surface area contributed by atoms with Crippen LogP contribution in [0.3, 0.4) is 0 Å². The Labute approximate surface area is 102 Å². The van der Waals surface area contributed by atoms with Gasteiger partial charge in [0.15, 0.2) is 5.72 Å². The molecule has 1 aromatic carbocycles. The average molecular weight is 233 g/mol. The molecular weight excluding hydrogens is 214 g/mol. The van der Waals surface area contributed by atoms with Crippen molar-refractivity contribution in [3.63, 3.8) is 0 Å². The number of nitrogens with one attached hydrogen (secondary N) is 1. The van der Waals surface area contributed by atoms with Crippen molar-refractivity contribution in [1.82, 2.24) is 5.32 Å². The maximum atomic E-state index is 12.0. The number of hydrogen-bond donors (Lipinski definition) is 1. The van der Waals surface area contributed by atoms with Gasteiger partial charge in [0.1, 0.15) is 5.75 Å². The molecule has 2 rings (SSSR count). The summed E-state index contributed by atoms with van der Waals surface area (Å²) in [5.41, 5.74) is 1.09. The molecule has 1 aromatic rings. The predicted molar refractivity (Wildman–Crippen MR) is 67.2 cm³/mol. The number of amides is 1. The Bertz CT molecular complexity index is 442. The normalized spacial score (nSPS) is 22.6. The van der Waals surface area contributed by atoms with E-state index in [0.29, 0.717) is 5.56 Å². The Hall–Kier alpha value is -1.51. The minimum atomic E-state index is -0.563. The molecule has 1 heterocycles. The monoisotopic (exact) mass is 233 g/mol. The maximum absolute atomic E-state index is 12.0. The number of ether oxygens (including phenoxy) is 1. The SMILES string of the molecule is CCCCC1(C)NC(=O)c2cccc(C)c2O1. The lowest BCUT2D eigenvalue weighted by atomic mass is 10.0. The molecular formula is C14H19NO2. The molecule has 1 N–H and O–H groups in total. The molecule has 0 aromatic heterocycles. The lowest BCUT2D eigenvalue weighted by molar-refractivity contribution is 0.0237. The minimum absolute atomic E-state index is 0.0337.